The van der Waals surface area contributed by atoms with E-state index >= 15 is 0 Å². The van der Waals surface area contributed by atoms with Gasteiger partial charge in [-0.1, -0.05) is 6.92 Å². The Morgan fingerprint density at radius 1 is 1.30 bits per heavy atom. The van der Waals surface area contributed by atoms with Gasteiger partial charge in [-0.25, -0.2) is 8.42 Å². The number of aromatic amines is 1. The van der Waals surface area contributed by atoms with Gasteiger partial charge in [-0.15, -0.1) is 0 Å². The number of rotatable bonds is 3. The molecule has 0 aliphatic carbocycles. The molecule has 0 spiro atoms. The first-order chi connectivity index (χ1) is 10.9. The number of nitrogens with one attached hydrogen (secondary N) is 1. The molecule has 23 heavy (non-hydrogen) atoms. The number of hydrogen-bond donors (Lipinski definition) is 1. The number of piperazine rings is 1. The minimum Gasteiger partial charge on any atom is -0.332 e. The van der Waals surface area contributed by atoms with Crippen molar-refractivity contribution in [3.05, 3.63) is 34.2 Å². The molecule has 8 heteroatoms. The largest absolute Gasteiger partial charge is 0.332 e. The highest BCUT2D eigenvalue weighted by Crippen LogP contribution is 2.27. The number of carbonyl (C=O) groups excluding carboxylic acids is 1. The van der Waals surface area contributed by atoms with Crippen LogP contribution in [0.5, 0.6) is 0 Å². The maximum atomic E-state index is 12.7. The van der Waals surface area contributed by atoms with Crippen LogP contribution < -0.4 is 5.56 Å². The van der Waals surface area contributed by atoms with Gasteiger partial charge < -0.3 is 9.88 Å². The molecule has 7 nitrogen and oxygen atoms in total. The number of amides is 1. The van der Waals surface area contributed by atoms with Gasteiger partial charge in [0.1, 0.15) is 5.56 Å². The zero-order valence-corrected chi connectivity index (χ0v) is 13.9. The fourth-order valence-electron chi connectivity index (χ4n) is 3.59. The highest BCUT2D eigenvalue weighted by atomic mass is 32.2. The molecular formula is C15H21N3O4S. The van der Waals surface area contributed by atoms with Crippen molar-refractivity contribution in [2.75, 3.05) is 31.1 Å². The molecule has 2 aliphatic heterocycles. The Bertz CT molecular complexity index is 758. The van der Waals surface area contributed by atoms with Crippen molar-refractivity contribution >= 4 is 15.7 Å². The van der Waals surface area contributed by atoms with Gasteiger partial charge in [0.2, 0.25) is 0 Å². The van der Waals surface area contributed by atoms with Crippen LogP contribution in [0.3, 0.4) is 0 Å². The number of nitrogens with zero attached hydrogens (tertiary/aromatic N) is 2. The van der Waals surface area contributed by atoms with Gasteiger partial charge in [0, 0.05) is 25.3 Å². The van der Waals surface area contributed by atoms with E-state index in [-0.39, 0.29) is 35.1 Å². The van der Waals surface area contributed by atoms with Crippen molar-refractivity contribution < 1.29 is 13.2 Å². The Morgan fingerprint density at radius 2 is 2.04 bits per heavy atom. The first-order valence-electron chi connectivity index (χ1n) is 7.86. The van der Waals surface area contributed by atoms with E-state index in [1.54, 1.807) is 11.0 Å². The predicted molar refractivity (Wildman–Crippen MR) is 86.2 cm³/mol. The van der Waals surface area contributed by atoms with Gasteiger partial charge in [-0.2, -0.15) is 0 Å². The average molecular weight is 339 g/mol. The standard InChI is InChI=1S/C15H21N3O4S/c1-2-6-17-7-8-18(13-10-23(21,22)9-12(13)17)15(20)11-4-3-5-16-14(11)19/h3-5,12-13H,2,6-10H2,1H3,(H,16,19)/t12-,13+/m0/s1. The van der Waals surface area contributed by atoms with Gasteiger partial charge in [0.05, 0.1) is 17.5 Å². The number of carbonyl (C=O) groups is 1. The van der Waals surface area contributed by atoms with Crippen molar-refractivity contribution in [1.29, 1.82) is 0 Å². The maximum Gasteiger partial charge on any atom is 0.260 e. The summed E-state index contributed by atoms with van der Waals surface area (Å²) < 4.78 is 24.2. The molecule has 1 amide bonds. The molecule has 1 N–H and O–H groups in total. The zero-order chi connectivity index (χ0) is 16.6. The van der Waals surface area contributed by atoms with Crippen LogP contribution in [0, 0.1) is 0 Å². The lowest BCUT2D eigenvalue weighted by Crippen LogP contribution is -2.61. The highest BCUT2D eigenvalue weighted by Gasteiger charge is 2.48. The molecule has 2 aliphatic rings. The van der Waals surface area contributed by atoms with E-state index in [1.807, 2.05) is 0 Å². The van der Waals surface area contributed by atoms with Gasteiger partial charge in [-0.3, -0.25) is 14.5 Å². The second-order valence-corrected chi connectivity index (χ2v) is 8.31. The monoisotopic (exact) mass is 339 g/mol. The highest BCUT2D eigenvalue weighted by molar-refractivity contribution is 7.91. The molecule has 2 saturated heterocycles. The van der Waals surface area contributed by atoms with Gasteiger partial charge in [0.15, 0.2) is 9.84 Å². The van der Waals surface area contributed by atoms with Gasteiger partial charge in [-0.05, 0) is 25.1 Å². The van der Waals surface area contributed by atoms with E-state index in [1.165, 1.54) is 12.3 Å². The molecular weight excluding hydrogens is 318 g/mol. The zero-order valence-electron chi connectivity index (χ0n) is 13.1. The first kappa shape index (κ1) is 16.2. The summed E-state index contributed by atoms with van der Waals surface area (Å²) in [6.07, 6.45) is 2.41. The topological polar surface area (TPSA) is 90.6 Å². The van der Waals surface area contributed by atoms with Crippen LogP contribution in [0.1, 0.15) is 23.7 Å². The van der Waals surface area contributed by atoms with E-state index < -0.39 is 15.4 Å². The number of pyridine rings is 1. The normalized spacial score (nSPS) is 26.9. The predicted octanol–water partition coefficient (Wildman–Crippen LogP) is -0.292. The summed E-state index contributed by atoms with van der Waals surface area (Å²) in [6, 6.07) is 2.55. The smallest absolute Gasteiger partial charge is 0.260 e. The molecule has 0 bridgehead atoms. The summed E-state index contributed by atoms with van der Waals surface area (Å²) in [5.74, 6) is -0.309. The first-order valence-corrected chi connectivity index (χ1v) is 9.68. The van der Waals surface area contributed by atoms with E-state index in [4.69, 9.17) is 0 Å². The SMILES string of the molecule is CCCN1CCN(C(=O)c2ccc[nH]c2=O)[C@@H]2CS(=O)(=O)C[C@@H]21. The lowest BCUT2D eigenvalue weighted by molar-refractivity contribution is 0.0331. The van der Waals surface area contributed by atoms with Crippen LogP contribution in [0.25, 0.3) is 0 Å². The van der Waals surface area contributed by atoms with E-state index in [9.17, 15) is 18.0 Å². The fraction of sp³-hybridized carbons (Fsp3) is 0.600. The lowest BCUT2D eigenvalue weighted by Gasteiger charge is -2.43. The third kappa shape index (κ3) is 3.05. The average Bonchev–Trinajstić information content (AvgIpc) is 2.83. The number of H-pyrrole nitrogens is 1. The molecule has 0 saturated carbocycles. The van der Waals surface area contributed by atoms with E-state index in [0.717, 1.165) is 13.0 Å². The molecule has 3 rings (SSSR count). The number of fused-ring (bicyclic) bond motifs is 1. The van der Waals surface area contributed by atoms with Crippen molar-refractivity contribution in [2.24, 2.45) is 0 Å². The second-order valence-electron chi connectivity index (χ2n) is 6.16. The molecule has 3 heterocycles. The summed E-state index contributed by atoms with van der Waals surface area (Å²) in [5, 5.41) is 0. The molecule has 0 radical (unpaired) electrons. The summed E-state index contributed by atoms with van der Waals surface area (Å²) >= 11 is 0. The Morgan fingerprint density at radius 3 is 2.74 bits per heavy atom. The molecule has 2 fully saturated rings. The number of aromatic nitrogens is 1. The third-order valence-electron chi connectivity index (χ3n) is 4.61. The molecule has 0 unspecified atom stereocenters. The maximum absolute atomic E-state index is 12.7. The van der Waals surface area contributed by atoms with Crippen LogP contribution in [0.4, 0.5) is 0 Å². The Balaban J connectivity index is 1.91. The second kappa shape index (κ2) is 6.09. The minimum atomic E-state index is -3.16. The van der Waals surface area contributed by atoms with Crippen molar-refractivity contribution in [2.45, 2.75) is 25.4 Å². The number of sulfone groups is 1. The van der Waals surface area contributed by atoms with Crippen LogP contribution in [0.2, 0.25) is 0 Å². The van der Waals surface area contributed by atoms with Crippen LogP contribution in [-0.2, 0) is 9.84 Å². The third-order valence-corrected chi connectivity index (χ3v) is 6.31. The Kier molecular flexibility index (Phi) is 4.29. The molecule has 1 aromatic rings. The van der Waals surface area contributed by atoms with E-state index in [0.29, 0.717) is 13.1 Å². The minimum absolute atomic E-state index is 0.0195. The summed E-state index contributed by atoms with van der Waals surface area (Å²) in [6.45, 7) is 3.97. The van der Waals surface area contributed by atoms with Gasteiger partial charge in [0.25, 0.3) is 11.5 Å². The Labute approximate surface area is 135 Å². The number of hydrogen-bond acceptors (Lipinski definition) is 5. The fourth-order valence-corrected chi connectivity index (χ4v) is 5.60. The molecule has 0 aromatic carbocycles. The van der Waals surface area contributed by atoms with Gasteiger partial charge >= 0.3 is 0 Å². The van der Waals surface area contributed by atoms with Crippen molar-refractivity contribution in [1.82, 2.24) is 14.8 Å². The summed E-state index contributed by atoms with van der Waals surface area (Å²) in [4.78, 5) is 30.8. The quantitative estimate of drug-likeness (QED) is 0.817. The molecule has 2 atom stereocenters. The van der Waals surface area contributed by atoms with Crippen molar-refractivity contribution in [3.8, 4) is 0 Å². The molecule has 126 valence electrons. The van der Waals surface area contributed by atoms with E-state index in [2.05, 4.69) is 16.8 Å². The Hall–Kier alpha value is -1.67. The lowest BCUT2D eigenvalue weighted by atomic mass is 10.0. The van der Waals surface area contributed by atoms with Crippen LogP contribution >= 0.6 is 0 Å². The summed E-state index contributed by atoms with van der Waals surface area (Å²) in [5.41, 5.74) is -0.370. The van der Waals surface area contributed by atoms with Crippen LogP contribution in [0.15, 0.2) is 23.1 Å². The summed E-state index contributed by atoms with van der Waals surface area (Å²) in [7, 11) is -3.16. The van der Waals surface area contributed by atoms with Crippen molar-refractivity contribution in [3.63, 3.8) is 0 Å². The van der Waals surface area contributed by atoms with Crippen LogP contribution in [-0.4, -0.2) is 72.3 Å². The molecule has 1 aromatic heterocycles.